The number of anilines is 2. The molecule has 0 saturated heterocycles. The number of likely N-dealkylation sites (N-methyl/N-ethyl adjacent to an activating group) is 1. The highest BCUT2D eigenvalue weighted by molar-refractivity contribution is 9.11. The van der Waals surface area contributed by atoms with Crippen LogP contribution in [0.1, 0.15) is 37.8 Å². The van der Waals surface area contributed by atoms with Crippen LogP contribution in [0.25, 0.3) is 0 Å². The van der Waals surface area contributed by atoms with Gasteiger partial charge in [0, 0.05) is 34.3 Å². The fourth-order valence-corrected chi connectivity index (χ4v) is 4.22. The fourth-order valence-electron chi connectivity index (χ4n) is 2.80. The summed E-state index contributed by atoms with van der Waals surface area (Å²) >= 11 is 7.11. The van der Waals surface area contributed by atoms with Gasteiger partial charge in [-0.1, -0.05) is 26.0 Å². The SMILES string of the molecule is CCN(CCNC(=O)Nc1c(Br)cc(C(C)C)cc1Br)c1cccc(C)c1. The number of hydrogen-bond acceptors (Lipinski definition) is 2. The molecule has 0 radical (unpaired) electrons. The van der Waals surface area contributed by atoms with Crippen LogP contribution in [0.4, 0.5) is 16.2 Å². The molecule has 0 unspecified atom stereocenters. The van der Waals surface area contributed by atoms with Crippen LogP contribution in [-0.4, -0.2) is 25.7 Å². The second-order valence-corrected chi connectivity index (χ2v) is 8.52. The third-order valence-electron chi connectivity index (χ3n) is 4.39. The number of aryl methyl sites for hydroxylation is 1. The van der Waals surface area contributed by atoms with Crippen molar-refractivity contribution in [3.8, 4) is 0 Å². The maximum atomic E-state index is 12.3. The van der Waals surface area contributed by atoms with Gasteiger partial charge in [0.05, 0.1) is 5.69 Å². The quantitative estimate of drug-likeness (QED) is 0.472. The molecule has 27 heavy (non-hydrogen) atoms. The summed E-state index contributed by atoms with van der Waals surface area (Å²) in [6.07, 6.45) is 0. The molecule has 0 aliphatic rings. The van der Waals surface area contributed by atoms with E-state index in [1.165, 1.54) is 16.8 Å². The lowest BCUT2D eigenvalue weighted by molar-refractivity contribution is 0.252. The molecule has 0 bridgehead atoms. The van der Waals surface area contributed by atoms with Crippen molar-refractivity contribution in [2.75, 3.05) is 29.9 Å². The van der Waals surface area contributed by atoms with Gasteiger partial charge < -0.3 is 15.5 Å². The molecule has 0 aromatic heterocycles. The Morgan fingerprint density at radius 3 is 2.37 bits per heavy atom. The maximum absolute atomic E-state index is 12.3. The normalized spacial score (nSPS) is 10.8. The van der Waals surface area contributed by atoms with Gasteiger partial charge in [0.15, 0.2) is 0 Å². The predicted molar refractivity (Wildman–Crippen MR) is 122 cm³/mol. The fraction of sp³-hybridized carbons (Fsp3) is 0.381. The van der Waals surface area contributed by atoms with Crippen molar-refractivity contribution < 1.29 is 4.79 Å². The minimum atomic E-state index is -0.214. The Kier molecular flexibility index (Phi) is 8.17. The summed E-state index contributed by atoms with van der Waals surface area (Å²) in [5, 5.41) is 5.86. The monoisotopic (exact) mass is 495 g/mol. The Morgan fingerprint density at radius 2 is 1.81 bits per heavy atom. The topological polar surface area (TPSA) is 44.4 Å². The second-order valence-electron chi connectivity index (χ2n) is 6.81. The first-order valence-electron chi connectivity index (χ1n) is 9.17. The average molecular weight is 497 g/mol. The second kappa shape index (κ2) is 10.1. The zero-order chi connectivity index (χ0) is 20.0. The summed E-state index contributed by atoms with van der Waals surface area (Å²) in [7, 11) is 0. The molecule has 2 aromatic rings. The average Bonchev–Trinajstić information content (AvgIpc) is 2.61. The molecular formula is C21H27Br2N3O. The van der Waals surface area contributed by atoms with Crippen molar-refractivity contribution in [1.29, 1.82) is 0 Å². The molecule has 2 aromatic carbocycles. The van der Waals surface area contributed by atoms with Crippen LogP contribution in [-0.2, 0) is 0 Å². The number of amides is 2. The van der Waals surface area contributed by atoms with Crippen molar-refractivity contribution >= 4 is 49.3 Å². The van der Waals surface area contributed by atoms with E-state index in [4.69, 9.17) is 0 Å². The summed E-state index contributed by atoms with van der Waals surface area (Å²) in [5.41, 5.74) is 4.35. The Bertz CT molecular complexity index is 770. The molecule has 2 N–H and O–H groups in total. The van der Waals surface area contributed by atoms with Gasteiger partial charge in [-0.2, -0.15) is 0 Å². The Labute approximate surface area is 179 Å². The van der Waals surface area contributed by atoms with E-state index in [1.54, 1.807) is 0 Å². The summed E-state index contributed by atoms with van der Waals surface area (Å²) in [5.74, 6) is 0.419. The first kappa shape index (κ1) is 21.8. The summed E-state index contributed by atoms with van der Waals surface area (Å²) < 4.78 is 1.73. The minimum Gasteiger partial charge on any atom is -0.370 e. The number of rotatable bonds is 7. The van der Waals surface area contributed by atoms with Crippen LogP contribution in [0.15, 0.2) is 45.3 Å². The molecule has 0 fully saturated rings. The summed E-state index contributed by atoms with van der Waals surface area (Å²) in [4.78, 5) is 14.6. The van der Waals surface area contributed by atoms with Crippen LogP contribution in [0, 0.1) is 6.92 Å². The highest BCUT2D eigenvalue weighted by Crippen LogP contribution is 2.34. The lowest BCUT2D eigenvalue weighted by Crippen LogP contribution is -2.37. The molecule has 2 amide bonds. The van der Waals surface area contributed by atoms with Gasteiger partial charge in [-0.3, -0.25) is 0 Å². The summed E-state index contributed by atoms with van der Waals surface area (Å²) in [6.45, 7) is 10.7. The Hall–Kier alpha value is -1.53. The third kappa shape index (κ3) is 6.25. The molecule has 0 aliphatic carbocycles. The molecule has 0 heterocycles. The highest BCUT2D eigenvalue weighted by atomic mass is 79.9. The number of carbonyl (C=O) groups excluding carboxylic acids is 1. The van der Waals surface area contributed by atoms with Crippen molar-refractivity contribution in [3.05, 3.63) is 56.5 Å². The van der Waals surface area contributed by atoms with Crippen molar-refractivity contribution in [1.82, 2.24) is 5.32 Å². The molecule has 6 heteroatoms. The first-order chi connectivity index (χ1) is 12.8. The van der Waals surface area contributed by atoms with Gasteiger partial charge >= 0.3 is 6.03 Å². The third-order valence-corrected chi connectivity index (χ3v) is 5.64. The van der Waals surface area contributed by atoms with E-state index in [-0.39, 0.29) is 6.03 Å². The van der Waals surface area contributed by atoms with Gasteiger partial charge in [-0.15, -0.1) is 0 Å². The zero-order valence-electron chi connectivity index (χ0n) is 16.3. The van der Waals surface area contributed by atoms with E-state index in [0.29, 0.717) is 12.5 Å². The van der Waals surface area contributed by atoms with Crippen LogP contribution in [0.2, 0.25) is 0 Å². The van der Waals surface area contributed by atoms with Gasteiger partial charge in [0.1, 0.15) is 0 Å². The Morgan fingerprint density at radius 1 is 1.15 bits per heavy atom. The van der Waals surface area contributed by atoms with Crippen molar-refractivity contribution in [3.63, 3.8) is 0 Å². The molecule has 0 atom stereocenters. The number of urea groups is 1. The predicted octanol–water partition coefficient (Wildman–Crippen LogP) is 6.29. The molecule has 146 valence electrons. The largest absolute Gasteiger partial charge is 0.370 e. The molecule has 2 rings (SSSR count). The van der Waals surface area contributed by atoms with E-state index in [9.17, 15) is 4.79 Å². The first-order valence-corrected chi connectivity index (χ1v) is 10.8. The van der Waals surface area contributed by atoms with Gasteiger partial charge in [-0.05, 0) is 87.0 Å². The van der Waals surface area contributed by atoms with E-state index in [1.807, 2.05) is 12.1 Å². The van der Waals surface area contributed by atoms with Crippen molar-refractivity contribution in [2.45, 2.75) is 33.6 Å². The van der Waals surface area contributed by atoms with E-state index in [0.717, 1.165) is 27.7 Å². The van der Waals surface area contributed by atoms with Crippen LogP contribution in [0.5, 0.6) is 0 Å². The molecule has 4 nitrogen and oxygen atoms in total. The number of nitrogens with zero attached hydrogens (tertiary/aromatic N) is 1. The van der Waals surface area contributed by atoms with Crippen LogP contribution >= 0.6 is 31.9 Å². The zero-order valence-corrected chi connectivity index (χ0v) is 19.4. The number of nitrogens with one attached hydrogen (secondary N) is 2. The van der Waals surface area contributed by atoms with Crippen LogP contribution in [0.3, 0.4) is 0 Å². The lowest BCUT2D eigenvalue weighted by atomic mass is 10.0. The number of hydrogen-bond donors (Lipinski definition) is 2. The smallest absolute Gasteiger partial charge is 0.319 e. The summed E-state index contributed by atoms with van der Waals surface area (Å²) in [6, 6.07) is 12.3. The molecule has 0 aliphatic heterocycles. The van der Waals surface area contributed by atoms with Gasteiger partial charge in [-0.25, -0.2) is 4.79 Å². The maximum Gasteiger partial charge on any atom is 0.319 e. The highest BCUT2D eigenvalue weighted by Gasteiger charge is 2.12. The van der Waals surface area contributed by atoms with E-state index < -0.39 is 0 Å². The van der Waals surface area contributed by atoms with Gasteiger partial charge in [0.2, 0.25) is 0 Å². The number of halogens is 2. The van der Waals surface area contributed by atoms with E-state index >= 15 is 0 Å². The van der Waals surface area contributed by atoms with E-state index in [2.05, 4.69) is 99.4 Å². The van der Waals surface area contributed by atoms with Crippen molar-refractivity contribution in [2.24, 2.45) is 0 Å². The number of benzene rings is 2. The lowest BCUT2D eigenvalue weighted by Gasteiger charge is -2.23. The number of carbonyl (C=O) groups is 1. The van der Waals surface area contributed by atoms with Gasteiger partial charge in [0.25, 0.3) is 0 Å². The molecule has 0 spiro atoms. The van der Waals surface area contributed by atoms with Crippen LogP contribution < -0.4 is 15.5 Å². The molecule has 0 saturated carbocycles. The molecular weight excluding hydrogens is 470 g/mol. The Balaban J connectivity index is 1.93. The minimum absolute atomic E-state index is 0.214. The standard InChI is InChI=1S/C21H27Br2N3O/c1-5-26(17-8-6-7-15(4)11-17)10-9-24-21(27)25-20-18(22)12-16(14(2)3)13-19(20)23/h6-8,11-14H,5,9-10H2,1-4H3,(H2,24,25,27).